The Balaban J connectivity index is 4.17. The van der Waals surface area contributed by atoms with Crippen LogP contribution in [-0.2, 0) is 14.3 Å². The first-order chi connectivity index (χ1) is 7.02. The second-order valence-corrected chi connectivity index (χ2v) is 3.25. The summed E-state index contributed by atoms with van der Waals surface area (Å²) in [6.07, 6.45) is -0.742. The van der Waals surface area contributed by atoms with Crippen LogP contribution in [0.15, 0.2) is 0 Å². The standard InChI is InChI=1S/C9H17NO5/c1-6(2)7(8(12)14-3)10-9(13)15-5-4-11/h6-7,11H,4-5H2,1-3H3,(H,10,13). The zero-order chi connectivity index (χ0) is 11.8. The minimum Gasteiger partial charge on any atom is -0.467 e. The number of carbonyl (C=O) groups excluding carboxylic acids is 2. The predicted molar refractivity (Wildman–Crippen MR) is 52.2 cm³/mol. The molecule has 0 heterocycles. The highest BCUT2D eigenvalue weighted by Crippen LogP contribution is 2.03. The summed E-state index contributed by atoms with van der Waals surface area (Å²) >= 11 is 0. The summed E-state index contributed by atoms with van der Waals surface area (Å²) in [5, 5.41) is 10.8. The third kappa shape index (κ3) is 5.21. The van der Waals surface area contributed by atoms with E-state index in [1.54, 1.807) is 13.8 Å². The summed E-state index contributed by atoms with van der Waals surface area (Å²) in [6.45, 7) is 3.19. The number of ether oxygens (including phenoxy) is 2. The van der Waals surface area contributed by atoms with E-state index in [0.717, 1.165) is 0 Å². The zero-order valence-electron chi connectivity index (χ0n) is 9.15. The number of aliphatic hydroxyl groups excluding tert-OH is 1. The quantitative estimate of drug-likeness (QED) is 0.631. The van der Waals surface area contributed by atoms with Crippen LogP contribution in [0.1, 0.15) is 13.8 Å². The molecule has 0 aromatic heterocycles. The summed E-state index contributed by atoms with van der Waals surface area (Å²) < 4.78 is 9.08. The average Bonchev–Trinajstić information content (AvgIpc) is 2.21. The van der Waals surface area contributed by atoms with Crippen LogP contribution >= 0.6 is 0 Å². The fraction of sp³-hybridized carbons (Fsp3) is 0.778. The van der Waals surface area contributed by atoms with Gasteiger partial charge in [-0.15, -0.1) is 0 Å². The van der Waals surface area contributed by atoms with Gasteiger partial charge in [-0.25, -0.2) is 9.59 Å². The van der Waals surface area contributed by atoms with Gasteiger partial charge in [0.2, 0.25) is 0 Å². The van der Waals surface area contributed by atoms with Gasteiger partial charge in [0, 0.05) is 0 Å². The molecule has 0 fully saturated rings. The van der Waals surface area contributed by atoms with Crippen molar-refractivity contribution in [2.75, 3.05) is 20.3 Å². The van der Waals surface area contributed by atoms with E-state index in [0.29, 0.717) is 0 Å². The van der Waals surface area contributed by atoms with Crippen molar-refractivity contribution >= 4 is 12.1 Å². The van der Waals surface area contributed by atoms with E-state index in [9.17, 15) is 9.59 Å². The first-order valence-corrected chi connectivity index (χ1v) is 4.65. The maximum Gasteiger partial charge on any atom is 0.407 e. The number of hydrogen-bond donors (Lipinski definition) is 2. The third-order valence-electron chi connectivity index (χ3n) is 1.72. The molecule has 6 heteroatoms. The Labute approximate surface area is 88.6 Å². The number of rotatable bonds is 5. The molecule has 0 radical (unpaired) electrons. The van der Waals surface area contributed by atoms with Gasteiger partial charge in [0.1, 0.15) is 12.6 Å². The Morgan fingerprint density at radius 1 is 1.40 bits per heavy atom. The minimum atomic E-state index is -0.742. The molecule has 0 aromatic carbocycles. The highest BCUT2D eigenvalue weighted by molar-refractivity contribution is 5.81. The number of alkyl carbamates (subject to hydrolysis) is 1. The SMILES string of the molecule is COC(=O)C(NC(=O)OCCO)C(C)C. The fourth-order valence-corrected chi connectivity index (χ4v) is 0.932. The lowest BCUT2D eigenvalue weighted by Crippen LogP contribution is -2.45. The minimum absolute atomic E-state index is 0.0980. The summed E-state index contributed by atoms with van der Waals surface area (Å²) in [6, 6.07) is -0.735. The second kappa shape index (κ2) is 7.05. The second-order valence-electron chi connectivity index (χ2n) is 3.25. The first kappa shape index (κ1) is 13.7. The van der Waals surface area contributed by atoms with Crippen molar-refractivity contribution in [2.24, 2.45) is 5.92 Å². The maximum atomic E-state index is 11.2. The van der Waals surface area contributed by atoms with Gasteiger partial charge >= 0.3 is 12.1 Å². The Bertz CT molecular complexity index is 217. The van der Waals surface area contributed by atoms with Gasteiger partial charge in [0.05, 0.1) is 13.7 Å². The summed E-state index contributed by atoms with van der Waals surface area (Å²) in [4.78, 5) is 22.3. The van der Waals surface area contributed by atoms with Gasteiger partial charge in [-0.3, -0.25) is 0 Å². The Hall–Kier alpha value is -1.30. The van der Waals surface area contributed by atoms with Crippen LogP contribution in [0.5, 0.6) is 0 Å². The van der Waals surface area contributed by atoms with Gasteiger partial charge in [0.25, 0.3) is 0 Å². The summed E-state index contributed by atoms with van der Waals surface area (Å²) in [5.74, 6) is -0.620. The van der Waals surface area contributed by atoms with Crippen LogP contribution in [0.2, 0.25) is 0 Å². The highest BCUT2D eigenvalue weighted by Gasteiger charge is 2.25. The van der Waals surface area contributed by atoms with Crippen molar-refractivity contribution in [2.45, 2.75) is 19.9 Å². The van der Waals surface area contributed by atoms with Gasteiger partial charge < -0.3 is 19.9 Å². The van der Waals surface area contributed by atoms with E-state index < -0.39 is 18.1 Å². The van der Waals surface area contributed by atoms with Crippen LogP contribution in [-0.4, -0.2) is 43.5 Å². The largest absolute Gasteiger partial charge is 0.467 e. The third-order valence-corrected chi connectivity index (χ3v) is 1.72. The molecule has 0 aliphatic carbocycles. The average molecular weight is 219 g/mol. The van der Waals surface area contributed by atoms with Crippen molar-refractivity contribution in [1.82, 2.24) is 5.32 Å². The van der Waals surface area contributed by atoms with Crippen LogP contribution in [0.3, 0.4) is 0 Å². The predicted octanol–water partition coefficient (Wildman–Crippen LogP) is -0.0975. The van der Waals surface area contributed by atoms with Crippen LogP contribution < -0.4 is 5.32 Å². The number of esters is 1. The Kier molecular flexibility index (Phi) is 6.44. The summed E-state index contributed by atoms with van der Waals surface area (Å²) in [5.41, 5.74) is 0. The van der Waals surface area contributed by atoms with Gasteiger partial charge in [0.15, 0.2) is 0 Å². The van der Waals surface area contributed by atoms with Gasteiger partial charge in [-0.1, -0.05) is 13.8 Å². The lowest BCUT2D eigenvalue weighted by Gasteiger charge is -2.19. The van der Waals surface area contributed by atoms with E-state index in [-0.39, 0.29) is 19.1 Å². The van der Waals surface area contributed by atoms with Crippen molar-refractivity contribution in [3.63, 3.8) is 0 Å². The molecule has 0 saturated carbocycles. The topological polar surface area (TPSA) is 84.9 Å². The molecule has 1 atom stereocenters. The van der Waals surface area contributed by atoms with Gasteiger partial charge in [-0.05, 0) is 5.92 Å². The monoisotopic (exact) mass is 219 g/mol. The van der Waals surface area contributed by atoms with E-state index in [2.05, 4.69) is 14.8 Å². The molecular weight excluding hydrogens is 202 g/mol. The lowest BCUT2D eigenvalue weighted by atomic mass is 10.1. The number of carbonyl (C=O) groups is 2. The molecule has 0 aliphatic rings. The molecule has 0 bridgehead atoms. The molecule has 0 spiro atoms. The molecule has 1 amide bonds. The smallest absolute Gasteiger partial charge is 0.407 e. The van der Waals surface area contributed by atoms with Crippen LogP contribution in [0.4, 0.5) is 4.79 Å². The molecule has 0 aromatic rings. The molecule has 88 valence electrons. The number of methoxy groups -OCH3 is 1. The fourth-order valence-electron chi connectivity index (χ4n) is 0.932. The normalized spacial score (nSPS) is 12.1. The number of amides is 1. The lowest BCUT2D eigenvalue weighted by molar-refractivity contribution is -0.144. The molecule has 6 nitrogen and oxygen atoms in total. The molecule has 0 saturated heterocycles. The Morgan fingerprint density at radius 3 is 2.40 bits per heavy atom. The number of nitrogens with one attached hydrogen (secondary N) is 1. The first-order valence-electron chi connectivity index (χ1n) is 4.65. The van der Waals surface area contributed by atoms with Crippen molar-refractivity contribution in [1.29, 1.82) is 0 Å². The van der Waals surface area contributed by atoms with Crippen molar-refractivity contribution in [3.8, 4) is 0 Å². The number of aliphatic hydroxyl groups is 1. The van der Waals surface area contributed by atoms with Crippen molar-refractivity contribution in [3.05, 3.63) is 0 Å². The number of hydrogen-bond acceptors (Lipinski definition) is 5. The van der Waals surface area contributed by atoms with E-state index in [1.807, 2.05) is 0 Å². The van der Waals surface area contributed by atoms with Crippen LogP contribution in [0.25, 0.3) is 0 Å². The summed E-state index contributed by atoms with van der Waals surface area (Å²) in [7, 11) is 1.25. The highest BCUT2D eigenvalue weighted by atomic mass is 16.6. The van der Waals surface area contributed by atoms with E-state index in [4.69, 9.17) is 5.11 Å². The van der Waals surface area contributed by atoms with Gasteiger partial charge in [-0.2, -0.15) is 0 Å². The molecule has 0 rings (SSSR count). The zero-order valence-corrected chi connectivity index (χ0v) is 9.15. The van der Waals surface area contributed by atoms with E-state index in [1.165, 1.54) is 7.11 Å². The Morgan fingerprint density at radius 2 is 2.00 bits per heavy atom. The maximum absolute atomic E-state index is 11.2. The van der Waals surface area contributed by atoms with Crippen LogP contribution in [0, 0.1) is 5.92 Å². The van der Waals surface area contributed by atoms with E-state index >= 15 is 0 Å². The molecule has 1 unspecified atom stereocenters. The van der Waals surface area contributed by atoms with Crippen molar-refractivity contribution < 1.29 is 24.2 Å². The molecule has 0 aliphatic heterocycles. The molecule has 15 heavy (non-hydrogen) atoms. The molecular formula is C9H17NO5. The molecule has 2 N–H and O–H groups in total.